The molecule has 1 aromatic rings. The summed E-state index contributed by atoms with van der Waals surface area (Å²) in [5.41, 5.74) is 1.59. The lowest BCUT2D eigenvalue weighted by Crippen LogP contribution is -2.17. The van der Waals surface area contributed by atoms with Crippen molar-refractivity contribution in [3.63, 3.8) is 0 Å². The van der Waals surface area contributed by atoms with Crippen molar-refractivity contribution in [3.8, 4) is 0 Å². The fraction of sp³-hybridized carbons (Fsp3) is 0.684. The average Bonchev–Trinajstić information content (AvgIpc) is 2.75. The van der Waals surface area contributed by atoms with Crippen molar-refractivity contribution in [2.75, 3.05) is 0 Å². The second kappa shape index (κ2) is 6.59. The Morgan fingerprint density at radius 2 is 1.26 bits per heavy atom. The van der Waals surface area contributed by atoms with Gasteiger partial charge < -0.3 is 0 Å². The molecule has 0 nitrogen and oxygen atoms in total. The molecule has 0 aromatic heterocycles. The monoisotopic (exact) mass is 256 g/mol. The third-order valence-electron chi connectivity index (χ3n) is 5.60. The lowest BCUT2D eigenvalue weighted by Gasteiger charge is -2.29. The molecule has 2 fully saturated rings. The highest BCUT2D eigenvalue weighted by Gasteiger charge is 2.27. The van der Waals surface area contributed by atoms with Crippen LogP contribution in [0.3, 0.4) is 0 Å². The van der Waals surface area contributed by atoms with Crippen molar-refractivity contribution in [1.82, 2.24) is 0 Å². The first-order valence-electron chi connectivity index (χ1n) is 8.48. The van der Waals surface area contributed by atoms with Crippen molar-refractivity contribution in [1.29, 1.82) is 0 Å². The molecule has 0 saturated heterocycles. The van der Waals surface area contributed by atoms with Crippen LogP contribution in [0.1, 0.15) is 75.7 Å². The van der Waals surface area contributed by atoms with Crippen molar-refractivity contribution in [2.24, 2.45) is 11.8 Å². The van der Waals surface area contributed by atoms with E-state index in [2.05, 4.69) is 30.3 Å². The van der Waals surface area contributed by atoms with Gasteiger partial charge in [-0.25, -0.2) is 0 Å². The second-order valence-corrected chi connectivity index (χ2v) is 6.77. The molecular formula is C19H28. The van der Waals surface area contributed by atoms with E-state index in [-0.39, 0.29) is 0 Å². The summed E-state index contributed by atoms with van der Waals surface area (Å²) in [5.74, 6) is 2.96. The van der Waals surface area contributed by atoms with E-state index in [1.54, 1.807) is 5.56 Å². The van der Waals surface area contributed by atoms with Crippen molar-refractivity contribution in [3.05, 3.63) is 35.9 Å². The van der Waals surface area contributed by atoms with E-state index in [0.29, 0.717) is 0 Å². The zero-order chi connectivity index (χ0) is 12.9. The smallest absolute Gasteiger partial charge is 0.0162 e. The maximum absolute atomic E-state index is 2.34. The Balaban J connectivity index is 1.59. The number of hydrogen-bond acceptors (Lipinski definition) is 0. The molecule has 2 aliphatic carbocycles. The summed E-state index contributed by atoms with van der Waals surface area (Å²) < 4.78 is 0. The van der Waals surface area contributed by atoms with E-state index in [1.165, 1.54) is 64.2 Å². The highest BCUT2D eigenvalue weighted by atomic mass is 14.3. The molecule has 0 heterocycles. The van der Waals surface area contributed by atoms with Gasteiger partial charge in [-0.05, 0) is 42.6 Å². The minimum absolute atomic E-state index is 0.842. The Morgan fingerprint density at radius 1 is 0.579 bits per heavy atom. The Morgan fingerprint density at radius 3 is 2.05 bits per heavy atom. The van der Waals surface area contributed by atoms with Crippen LogP contribution >= 0.6 is 0 Å². The molecule has 2 atom stereocenters. The Bertz CT molecular complexity index is 361. The van der Waals surface area contributed by atoms with Crippen LogP contribution in [0.15, 0.2) is 30.3 Å². The number of rotatable bonds is 2. The molecule has 1 aromatic carbocycles. The highest BCUT2D eigenvalue weighted by Crippen LogP contribution is 2.41. The van der Waals surface area contributed by atoms with E-state index >= 15 is 0 Å². The Hall–Kier alpha value is -0.780. The fourth-order valence-corrected chi connectivity index (χ4v) is 4.47. The van der Waals surface area contributed by atoms with E-state index in [1.807, 2.05) is 0 Å². The Labute approximate surface area is 118 Å². The molecule has 2 aliphatic rings. The molecule has 19 heavy (non-hydrogen) atoms. The van der Waals surface area contributed by atoms with Crippen LogP contribution in [0.2, 0.25) is 0 Å². The van der Waals surface area contributed by atoms with E-state index < -0.39 is 0 Å². The van der Waals surface area contributed by atoms with Gasteiger partial charge in [0.1, 0.15) is 0 Å². The SMILES string of the molecule is c1ccc(C2CCCC(C3CCCCC3)CC2)cc1. The standard InChI is InChI=1S/C19H28/c1-3-8-16(9-4-1)18-12-7-13-19(15-14-18)17-10-5-2-6-11-17/h1,3-4,8-9,17-19H,2,5-7,10-15H2. The van der Waals surface area contributed by atoms with E-state index in [9.17, 15) is 0 Å². The van der Waals surface area contributed by atoms with Gasteiger partial charge in [-0.2, -0.15) is 0 Å². The summed E-state index contributed by atoms with van der Waals surface area (Å²) in [7, 11) is 0. The van der Waals surface area contributed by atoms with Crippen LogP contribution in [0.5, 0.6) is 0 Å². The van der Waals surface area contributed by atoms with Gasteiger partial charge in [-0.3, -0.25) is 0 Å². The molecule has 0 aliphatic heterocycles. The summed E-state index contributed by atoms with van der Waals surface area (Å²) in [5, 5.41) is 0. The normalized spacial score (nSPS) is 29.9. The number of benzene rings is 1. The molecule has 2 unspecified atom stereocenters. The van der Waals surface area contributed by atoms with Crippen LogP contribution in [0, 0.1) is 11.8 Å². The topological polar surface area (TPSA) is 0 Å². The van der Waals surface area contributed by atoms with Crippen LogP contribution in [0.25, 0.3) is 0 Å². The largest absolute Gasteiger partial charge is 0.0622 e. The maximum atomic E-state index is 2.34. The molecule has 0 bridgehead atoms. The van der Waals surface area contributed by atoms with Crippen molar-refractivity contribution >= 4 is 0 Å². The minimum Gasteiger partial charge on any atom is -0.0622 e. The molecule has 3 rings (SSSR count). The fourth-order valence-electron chi connectivity index (χ4n) is 4.47. The van der Waals surface area contributed by atoms with Gasteiger partial charge in [0.2, 0.25) is 0 Å². The minimum atomic E-state index is 0.842. The molecule has 0 heteroatoms. The molecular weight excluding hydrogens is 228 g/mol. The van der Waals surface area contributed by atoms with E-state index in [0.717, 1.165) is 17.8 Å². The van der Waals surface area contributed by atoms with Gasteiger partial charge in [-0.15, -0.1) is 0 Å². The lowest BCUT2D eigenvalue weighted by molar-refractivity contribution is 0.226. The van der Waals surface area contributed by atoms with Gasteiger partial charge in [0.25, 0.3) is 0 Å². The molecule has 0 amide bonds. The molecule has 104 valence electrons. The predicted octanol–water partition coefficient (Wildman–Crippen LogP) is 5.93. The van der Waals surface area contributed by atoms with Crippen LogP contribution in [-0.4, -0.2) is 0 Å². The maximum Gasteiger partial charge on any atom is -0.0162 e. The lowest BCUT2D eigenvalue weighted by atomic mass is 9.76. The molecule has 0 radical (unpaired) electrons. The zero-order valence-corrected chi connectivity index (χ0v) is 12.2. The van der Waals surface area contributed by atoms with Crippen LogP contribution < -0.4 is 0 Å². The van der Waals surface area contributed by atoms with Gasteiger partial charge in [-0.1, -0.05) is 75.3 Å². The summed E-state index contributed by atoms with van der Waals surface area (Å²) in [6.45, 7) is 0. The summed E-state index contributed by atoms with van der Waals surface area (Å²) in [6, 6.07) is 11.2. The molecule has 0 N–H and O–H groups in total. The van der Waals surface area contributed by atoms with Gasteiger partial charge >= 0.3 is 0 Å². The Kier molecular flexibility index (Phi) is 4.58. The highest BCUT2D eigenvalue weighted by molar-refractivity contribution is 5.19. The third kappa shape index (κ3) is 3.41. The average molecular weight is 256 g/mol. The first-order chi connectivity index (χ1) is 9.43. The summed E-state index contributed by atoms with van der Waals surface area (Å²) in [4.78, 5) is 0. The summed E-state index contributed by atoms with van der Waals surface area (Å²) >= 11 is 0. The molecule has 0 spiro atoms. The predicted molar refractivity (Wildman–Crippen MR) is 82.3 cm³/mol. The van der Waals surface area contributed by atoms with Crippen molar-refractivity contribution < 1.29 is 0 Å². The zero-order valence-electron chi connectivity index (χ0n) is 12.2. The van der Waals surface area contributed by atoms with E-state index in [4.69, 9.17) is 0 Å². The van der Waals surface area contributed by atoms with Crippen LogP contribution in [0.4, 0.5) is 0 Å². The van der Waals surface area contributed by atoms with Gasteiger partial charge in [0.15, 0.2) is 0 Å². The summed E-state index contributed by atoms with van der Waals surface area (Å²) in [6.07, 6.45) is 14.9. The van der Waals surface area contributed by atoms with Gasteiger partial charge in [0, 0.05) is 0 Å². The first-order valence-corrected chi connectivity index (χ1v) is 8.48. The quantitative estimate of drug-likeness (QED) is 0.575. The van der Waals surface area contributed by atoms with Crippen molar-refractivity contribution in [2.45, 2.75) is 70.1 Å². The van der Waals surface area contributed by atoms with Gasteiger partial charge in [0.05, 0.1) is 0 Å². The molecule has 2 saturated carbocycles. The number of hydrogen-bond donors (Lipinski definition) is 0. The first kappa shape index (κ1) is 13.2. The second-order valence-electron chi connectivity index (χ2n) is 6.77. The van der Waals surface area contributed by atoms with Crippen LogP contribution in [-0.2, 0) is 0 Å². The third-order valence-corrected chi connectivity index (χ3v) is 5.60.